The first-order valence-electron chi connectivity index (χ1n) is 9.97. The van der Waals surface area contributed by atoms with Crippen molar-refractivity contribution < 1.29 is 8.98 Å². The molecule has 3 rings (SSSR count). The molecule has 0 saturated carbocycles. The van der Waals surface area contributed by atoms with Crippen molar-refractivity contribution in [2.75, 3.05) is 6.16 Å². The van der Waals surface area contributed by atoms with Gasteiger partial charge in [0.25, 0.3) is 0 Å². The number of benzene rings is 2. The standard InChI is InChI=1S/C24H29O2P/c1-2-3-4-7-13-21(24-18-12-19-26-24)20-27(25,22-14-8-5-9-15-22)23-16-10-6-11-17-23/h5-6,8-12,14-19,21H,2-4,7,13,20H2,1H3/t21-/m1/s1. The van der Waals surface area contributed by atoms with Gasteiger partial charge in [0.05, 0.1) is 6.26 Å². The van der Waals surface area contributed by atoms with E-state index in [2.05, 4.69) is 6.92 Å². The van der Waals surface area contributed by atoms with Gasteiger partial charge in [0.1, 0.15) is 12.9 Å². The fourth-order valence-electron chi connectivity index (χ4n) is 3.67. The Morgan fingerprint density at radius 2 is 1.44 bits per heavy atom. The molecule has 1 aromatic heterocycles. The van der Waals surface area contributed by atoms with Gasteiger partial charge < -0.3 is 8.98 Å². The number of unbranched alkanes of at least 4 members (excludes halogenated alkanes) is 3. The van der Waals surface area contributed by atoms with Crippen molar-refractivity contribution in [2.45, 2.75) is 44.9 Å². The molecule has 0 spiro atoms. The summed E-state index contributed by atoms with van der Waals surface area (Å²) in [6.45, 7) is 2.23. The molecule has 2 aromatic carbocycles. The van der Waals surface area contributed by atoms with Gasteiger partial charge in [0.15, 0.2) is 0 Å². The van der Waals surface area contributed by atoms with Crippen LogP contribution in [0.4, 0.5) is 0 Å². The average molecular weight is 380 g/mol. The second-order valence-electron chi connectivity index (χ2n) is 7.16. The molecule has 0 aliphatic heterocycles. The summed E-state index contributed by atoms with van der Waals surface area (Å²) < 4.78 is 20.1. The van der Waals surface area contributed by atoms with Crippen LogP contribution in [0.25, 0.3) is 0 Å². The largest absolute Gasteiger partial charge is 0.469 e. The van der Waals surface area contributed by atoms with Gasteiger partial charge in [-0.1, -0.05) is 93.3 Å². The lowest BCUT2D eigenvalue weighted by molar-refractivity contribution is 0.449. The zero-order valence-electron chi connectivity index (χ0n) is 16.1. The van der Waals surface area contributed by atoms with Gasteiger partial charge in [-0.3, -0.25) is 0 Å². The van der Waals surface area contributed by atoms with E-state index in [1.807, 2.05) is 72.8 Å². The van der Waals surface area contributed by atoms with Crippen LogP contribution in [0.2, 0.25) is 0 Å². The van der Waals surface area contributed by atoms with Crippen molar-refractivity contribution in [1.29, 1.82) is 0 Å². The summed E-state index contributed by atoms with van der Waals surface area (Å²) >= 11 is 0. The number of hydrogen-bond donors (Lipinski definition) is 0. The third-order valence-corrected chi connectivity index (χ3v) is 8.40. The lowest BCUT2D eigenvalue weighted by atomic mass is 10.0. The van der Waals surface area contributed by atoms with Crippen molar-refractivity contribution in [3.63, 3.8) is 0 Å². The predicted octanol–water partition coefficient (Wildman–Crippen LogP) is 6.35. The Balaban J connectivity index is 1.92. The highest BCUT2D eigenvalue weighted by molar-refractivity contribution is 7.78. The summed E-state index contributed by atoms with van der Waals surface area (Å²) in [6.07, 6.45) is 8.18. The third kappa shape index (κ3) is 5.02. The Morgan fingerprint density at radius 3 is 1.96 bits per heavy atom. The van der Waals surface area contributed by atoms with E-state index >= 15 is 0 Å². The minimum Gasteiger partial charge on any atom is -0.469 e. The van der Waals surface area contributed by atoms with E-state index in [0.717, 1.165) is 29.2 Å². The monoisotopic (exact) mass is 380 g/mol. The molecule has 2 nitrogen and oxygen atoms in total. The lowest BCUT2D eigenvalue weighted by Gasteiger charge is -2.24. The SMILES string of the molecule is CCCCCC[C@H](CP(=O)(c1ccccc1)c1ccccc1)c1ccco1. The molecule has 1 heterocycles. The van der Waals surface area contributed by atoms with E-state index in [9.17, 15) is 4.57 Å². The molecule has 0 N–H and O–H groups in total. The molecule has 0 amide bonds. The van der Waals surface area contributed by atoms with Crippen LogP contribution in [-0.4, -0.2) is 6.16 Å². The third-order valence-electron chi connectivity index (χ3n) is 5.18. The zero-order valence-corrected chi connectivity index (χ0v) is 17.0. The zero-order chi connectivity index (χ0) is 19.0. The smallest absolute Gasteiger partial charge is 0.143 e. The van der Waals surface area contributed by atoms with Gasteiger partial charge in [-0.15, -0.1) is 0 Å². The molecule has 0 aliphatic rings. The van der Waals surface area contributed by atoms with E-state index in [-0.39, 0.29) is 5.92 Å². The van der Waals surface area contributed by atoms with Crippen molar-refractivity contribution in [3.8, 4) is 0 Å². The van der Waals surface area contributed by atoms with Gasteiger partial charge in [-0.25, -0.2) is 0 Å². The fourth-order valence-corrected chi connectivity index (χ4v) is 6.68. The molecule has 3 aromatic rings. The van der Waals surface area contributed by atoms with Gasteiger partial charge >= 0.3 is 0 Å². The highest BCUT2D eigenvalue weighted by Gasteiger charge is 2.32. The maximum Gasteiger partial charge on any atom is 0.143 e. The Hall–Kier alpha value is -2.05. The molecular weight excluding hydrogens is 351 g/mol. The first kappa shape index (κ1) is 19.7. The average Bonchev–Trinajstić information content (AvgIpc) is 3.26. The summed E-state index contributed by atoms with van der Waals surface area (Å²) in [6, 6.07) is 23.9. The molecule has 27 heavy (non-hydrogen) atoms. The Labute approximate surface area is 163 Å². The molecule has 3 heteroatoms. The topological polar surface area (TPSA) is 30.2 Å². The second-order valence-corrected chi connectivity index (χ2v) is 10.0. The highest BCUT2D eigenvalue weighted by atomic mass is 31.2. The van der Waals surface area contributed by atoms with Crippen LogP contribution >= 0.6 is 7.14 Å². The second kappa shape index (κ2) is 9.76. The van der Waals surface area contributed by atoms with Crippen LogP contribution in [0.3, 0.4) is 0 Å². The normalized spacial score (nSPS) is 12.8. The minimum absolute atomic E-state index is 0.170. The summed E-state index contributed by atoms with van der Waals surface area (Å²) in [4.78, 5) is 0. The van der Waals surface area contributed by atoms with E-state index in [1.165, 1.54) is 19.3 Å². The van der Waals surface area contributed by atoms with Crippen LogP contribution in [0.15, 0.2) is 83.5 Å². The van der Waals surface area contributed by atoms with Gasteiger partial charge in [-0.05, 0) is 18.6 Å². The fraction of sp³-hybridized carbons (Fsp3) is 0.333. The van der Waals surface area contributed by atoms with Gasteiger partial charge in [-0.2, -0.15) is 0 Å². The molecular formula is C24H29O2P. The molecule has 0 radical (unpaired) electrons. The molecule has 142 valence electrons. The van der Waals surface area contributed by atoms with Crippen molar-refractivity contribution in [2.24, 2.45) is 0 Å². The molecule has 0 fully saturated rings. The van der Waals surface area contributed by atoms with Crippen molar-refractivity contribution >= 4 is 17.8 Å². The maximum absolute atomic E-state index is 14.4. The van der Waals surface area contributed by atoms with E-state index < -0.39 is 7.14 Å². The Bertz CT molecular complexity index is 782. The summed E-state index contributed by atoms with van der Waals surface area (Å²) in [5, 5.41) is 1.86. The first-order chi connectivity index (χ1) is 13.2. The first-order valence-corrected chi connectivity index (χ1v) is 11.9. The van der Waals surface area contributed by atoms with Crippen LogP contribution in [-0.2, 0) is 4.57 Å². The van der Waals surface area contributed by atoms with E-state index in [0.29, 0.717) is 6.16 Å². The van der Waals surface area contributed by atoms with Gasteiger partial charge in [0.2, 0.25) is 0 Å². The quantitative estimate of drug-likeness (QED) is 0.303. The number of furan rings is 1. The molecule has 0 aliphatic carbocycles. The van der Waals surface area contributed by atoms with Crippen LogP contribution in [0, 0.1) is 0 Å². The van der Waals surface area contributed by atoms with Crippen molar-refractivity contribution in [3.05, 3.63) is 84.8 Å². The Kier molecular flexibility index (Phi) is 7.12. The maximum atomic E-state index is 14.4. The summed E-state index contributed by atoms with van der Waals surface area (Å²) in [7, 11) is -2.74. The van der Waals surface area contributed by atoms with Crippen molar-refractivity contribution in [1.82, 2.24) is 0 Å². The molecule has 1 atom stereocenters. The summed E-state index contributed by atoms with van der Waals surface area (Å²) in [5.41, 5.74) is 0. The molecule has 0 bridgehead atoms. The van der Waals surface area contributed by atoms with Crippen LogP contribution in [0.5, 0.6) is 0 Å². The van der Waals surface area contributed by atoms with E-state index in [1.54, 1.807) is 6.26 Å². The number of rotatable bonds is 10. The lowest BCUT2D eigenvalue weighted by Crippen LogP contribution is -2.21. The van der Waals surface area contributed by atoms with Crippen LogP contribution in [0.1, 0.15) is 50.7 Å². The minimum atomic E-state index is -2.74. The Morgan fingerprint density at radius 1 is 0.815 bits per heavy atom. The molecule has 0 unspecified atom stereocenters. The highest BCUT2D eigenvalue weighted by Crippen LogP contribution is 2.48. The molecule has 0 saturated heterocycles. The predicted molar refractivity (Wildman–Crippen MR) is 115 cm³/mol. The van der Waals surface area contributed by atoms with E-state index in [4.69, 9.17) is 4.42 Å². The van der Waals surface area contributed by atoms with Gasteiger partial charge in [0, 0.05) is 22.7 Å². The van der Waals surface area contributed by atoms with Crippen LogP contribution < -0.4 is 10.6 Å². The number of hydrogen-bond acceptors (Lipinski definition) is 2. The summed E-state index contributed by atoms with van der Waals surface area (Å²) in [5.74, 6) is 1.13.